The number of esters is 1. The van der Waals surface area contributed by atoms with Crippen molar-refractivity contribution in [1.82, 2.24) is 3.56 Å². The monoisotopic (exact) mass is 669 g/mol. The van der Waals surface area contributed by atoms with Gasteiger partial charge in [-0.05, 0) is 25.0 Å². The van der Waals surface area contributed by atoms with Crippen LogP contribution >= 0.6 is 0 Å². The fourth-order valence-corrected chi connectivity index (χ4v) is 12.1. The molecule has 4 fully saturated rings. The number of carbonyl (C=O) groups excluding carboxylic acids is 2. The van der Waals surface area contributed by atoms with Gasteiger partial charge in [0.2, 0.25) is 0 Å². The van der Waals surface area contributed by atoms with Crippen molar-refractivity contribution in [2.75, 3.05) is 0 Å². The van der Waals surface area contributed by atoms with Crippen LogP contribution in [0, 0.1) is 35.5 Å². The van der Waals surface area contributed by atoms with Crippen LogP contribution in [0.5, 0.6) is 0 Å². The van der Waals surface area contributed by atoms with Gasteiger partial charge < -0.3 is 4.42 Å². The number of nitrogens with zero attached hydrogens (tertiary/aromatic N) is 1. The van der Waals surface area contributed by atoms with E-state index in [0.717, 1.165) is 16.2 Å². The normalized spacial score (nSPS) is 38.2. The van der Waals surface area contributed by atoms with Gasteiger partial charge in [0.15, 0.2) is 0 Å². The van der Waals surface area contributed by atoms with Crippen molar-refractivity contribution in [3.8, 4) is 0 Å². The van der Waals surface area contributed by atoms with E-state index in [2.05, 4.69) is 6.92 Å². The maximum atomic E-state index is 14.2. The van der Waals surface area contributed by atoms with Gasteiger partial charge in [-0.2, -0.15) is 0 Å². The molecule has 2 heterocycles. The fourth-order valence-electron chi connectivity index (χ4n) is 9.84. The number of Topliss-reactive ketones (excluding diaryl/α,β-unsaturated/α-hetero) is 1. The molecule has 10 heteroatoms. The molecule has 0 spiro atoms. The maximum absolute atomic E-state index is 14.2. The number of aliphatic hydroxyl groups excluding tert-OH is 1. The molecule has 7 rings (SSSR count). The second kappa shape index (κ2) is 10.4. The van der Waals surface area contributed by atoms with Crippen LogP contribution in [0.15, 0.2) is 50.6 Å². The van der Waals surface area contributed by atoms with E-state index in [-0.39, 0.29) is 56.5 Å². The van der Waals surface area contributed by atoms with Crippen molar-refractivity contribution in [3.63, 3.8) is 0 Å². The van der Waals surface area contributed by atoms with E-state index >= 15 is 0 Å². The van der Waals surface area contributed by atoms with E-state index in [1.165, 1.54) is 12.3 Å². The summed E-state index contributed by atoms with van der Waals surface area (Å²) in [5.74, 6) is -1.63. The predicted molar refractivity (Wildman–Crippen MR) is 162 cm³/mol. The number of aryl methyl sites for hydroxylation is 1. The number of hydrogen-bond donors (Lipinski definition) is 2. The average molecular weight is 669 g/mol. The van der Waals surface area contributed by atoms with Crippen molar-refractivity contribution in [2.45, 2.75) is 96.0 Å². The van der Waals surface area contributed by atoms with Crippen LogP contribution in [0.4, 0.5) is 0 Å². The van der Waals surface area contributed by atoms with Gasteiger partial charge >= 0.3 is 209 Å². The molecular weight excluding hydrogens is 629 g/mol. The molecule has 0 amide bonds. The van der Waals surface area contributed by atoms with Gasteiger partial charge in [-0.25, -0.2) is 4.79 Å². The van der Waals surface area contributed by atoms with E-state index in [1.807, 2.05) is 25.1 Å². The minimum absolute atomic E-state index is 0.0689. The van der Waals surface area contributed by atoms with E-state index < -0.39 is 40.0 Å². The van der Waals surface area contributed by atoms with Crippen molar-refractivity contribution >= 4 is 36.1 Å². The van der Waals surface area contributed by atoms with Crippen LogP contribution in [0.3, 0.4) is 0 Å². The number of fused-ring (bicyclic) bond motifs is 6. The van der Waals surface area contributed by atoms with Crippen LogP contribution < -0.4 is 11.2 Å². The topological polar surface area (TPSA) is 136 Å². The summed E-state index contributed by atoms with van der Waals surface area (Å²) < 4.78 is 13.6. The molecule has 0 bridgehead atoms. The van der Waals surface area contributed by atoms with Crippen LogP contribution in [0.1, 0.15) is 75.8 Å². The zero-order chi connectivity index (χ0) is 31.2. The second-order valence-electron chi connectivity index (χ2n) is 14.1. The molecule has 9 atom stereocenters. The molecule has 2 aromatic heterocycles. The van der Waals surface area contributed by atoms with E-state index in [1.54, 1.807) is 16.6 Å². The van der Waals surface area contributed by atoms with Crippen LogP contribution in [0.25, 0.3) is 9.65 Å². The number of aliphatic hydroxyl groups is 2. The Balaban J connectivity index is 1.08. The Morgan fingerprint density at radius 3 is 2.64 bits per heavy atom. The minimum atomic E-state index is -1.29. The summed E-state index contributed by atoms with van der Waals surface area (Å²) in [4.78, 5) is 51.6. The first-order valence-corrected chi connectivity index (χ1v) is 17.3. The summed E-state index contributed by atoms with van der Waals surface area (Å²) in [5.41, 5.74) is -1.70. The molecule has 1 aromatic carbocycles. The molecule has 234 valence electrons. The molecule has 0 aliphatic heterocycles. The van der Waals surface area contributed by atoms with Gasteiger partial charge in [-0.1, -0.05) is 0 Å². The Morgan fingerprint density at radius 2 is 1.89 bits per heavy atom. The Bertz CT molecular complexity index is 1750. The van der Waals surface area contributed by atoms with Crippen LogP contribution in [-0.2, 0) is 20.9 Å². The van der Waals surface area contributed by atoms with Gasteiger partial charge in [0.1, 0.15) is 0 Å². The Kier molecular flexibility index (Phi) is 7.05. The third-order valence-corrected chi connectivity index (χ3v) is 14.4. The molecule has 0 saturated heterocycles. The Labute approximate surface area is 261 Å². The van der Waals surface area contributed by atoms with Crippen LogP contribution in [0.2, 0.25) is 0 Å². The molecule has 4 saturated carbocycles. The summed E-state index contributed by atoms with van der Waals surface area (Å²) in [5, 5.41) is 24.8. The first-order chi connectivity index (χ1) is 20.9. The third kappa shape index (κ3) is 4.24. The molecule has 44 heavy (non-hydrogen) atoms. The third-order valence-electron chi connectivity index (χ3n) is 12.1. The summed E-state index contributed by atoms with van der Waals surface area (Å²) in [6, 6.07) is 8.75. The standard InChI is InChI=1S/C34H39NO8Se/c1-18-4-7-22-25(14-18)44-35(31(22)40)16-27(37)43-21-10-12-32(2)20(15-21)6-8-24-28(32)29(38)30(39)33(3)23(11-13-34(24,33)41)19-5-9-26(36)42-17-19/h4-5,7,9,14,17,20-21,23-24,28-29,38,41H,6,8,10-13,15-16H2,1-3H3/t20-,21+,23-,24-,28-,29+,32+,33+,34+/m1/s1. The molecule has 0 radical (unpaired) electrons. The summed E-state index contributed by atoms with van der Waals surface area (Å²) in [6.07, 6.45) is 4.24. The van der Waals surface area contributed by atoms with Gasteiger partial charge in [0.25, 0.3) is 0 Å². The summed E-state index contributed by atoms with van der Waals surface area (Å²) in [7, 11) is 0. The number of hydrogen-bond acceptors (Lipinski definition) is 8. The quantitative estimate of drug-likeness (QED) is 0.320. The predicted octanol–water partition coefficient (Wildman–Crippen LogP) is 3.32. The number of ketones is 1. The molecular formula is C34H39NO8Se. The molecule has 0 unspecified atom stereocenters. The Hall–Kier alpha value is -2.78. The van der Waals surface area contributed by atoms with Crippen molar-refractivity contribution in [3.05, 3.63) is 68.5 Å². The first kappa shape index (κ1) is 29.9. The van der Waals surface area contributed by atoms with Crippen molar-refractivity contribution in [2.24, 2.45) is 28.6 Å². The second-order valence-corrected chi connectivity index (χ2v) is 16.4. The van der Waals surface area contributed by atoms with Gasteiger partial charge in [-0.15, -0.1) is 0 Å². The SMILES string of the molecule is Cc1ccc2c(=O)n(CC(=O)O[C@H]3CC[C@@]4(C)[C@H](CC[C@@H]5[C@@H]4[C@H](O)C(=O)[C@]4(C)[C@@H](c6ccc(=O)oc6)CC[C@]54O)C3)[se]c2c1. The van der Waals surface area contributed by atoms with Gasteiger partial charge in [0, 0.05) is 12.0 Å². The fraction of sp³-hybridized carbons (Fsp3) is 0.588. The molecule has 3 aromatic rings. The summed E-state index contributed by atoms with van der Waals surface area (Å²) in [6.45, 7) is 5.84. The van der Waals surface area contributed by atoms with Crippen molar-refractivity contribution in [1.29, 1.82) is 0 Å². The molecule has 2 N–H and O–H groups in total. The van der Waals surface area contributed by atoms with Gasteiger partial charge in [-0.3, -0.25) is 0 Å². The summed E-state index contributed by atoms with van der Waals surface area (Å²) >= 11 is -0.257. The zero-order valence-corrected chi connectivity index (χ0v) is 27.0. The zero-order valence-electron chi connectivity index (χ0n) is 25.3. The van der Waals surface area contributed by atoms with E-state index in [4.69, 9.17) is 9.15 Å². The van der Waals surface area contributed by atoms with E-state index in [0.29, 0.717) is 49.5 Å². The van der Waals surface area contributed by atoms with Gasteiger partial charge in [0.05, 0.1) is 6.26 Å². The number of rotatable bonds is 4. The molecule has 4 aliphatic carbocycles. The Morgan fingerprint density at radius 1 is 1.09 bits per heavy atom. The van der Waals surface area contributed by atoms with E-state index in [9.17, 15) is 29.4 Å². The average Bonchev–Trinajstić information content (AvgIpc) is 3.44. The molecule has 4 aliphatic rings. The molecule has 9 nitrogen and oxygen atoms in total. The number of carbonyl (C=O) groups is 2. The number of ether oxygens (including phenoxy) is 1. The van der Waals surface area contributed by atoms with Crippen molar-refractivity contribution < 1.29 is 29.0 Å². The number of benzene rings is 1. The number of aromatic nitrogens is 1. The van der Waals surface area contributed by atoms with Crippen LogP contribution in [-0.4, -0.2) is 58.1 Å². The first-order valence-electron chi connectivity index (χ1n) is 15.7.